The zero-order chi connectivity index (χ0) is 16.8. The van der Waals surface area contributed by atoms with E-state index in [1.165, 1.54) is 6.07 Å². The Morgan fingerprint density at radius 2 is 1.83 bits per heavy atom. The quantitative estimate of drug-likeness (QED) is 0.478. The van der Waals surface area contributed by atoms with Gasteiger partial charge in [-0.15, -0.1) is 0 Å². The van der Waals surface area contributed by atoms with Crippen molar-refractivity contribution in [3.63, 3.8) is 0 Å². The minimum atomic E-state index is -0.702. The number of aryl methyl sites for hydroxylation is 1. The van der Waals surface area contributed by atoms with Crippen molar-refractivity contribution >= 4 is 22.9 Å². The molecule has 0 amide bonds. The first-order valence-electron chi connectivity index (χ1n) is 7.04. The van der Waals surface area contributed by atoms with Gasteiger partial charge in [0.15, 0.2) is 0 Å². The van der Waals surface area contributed by atoms with Gasteiger partial charge in [0.05, 0.1) is 6.61 Å². The first-order chi connectivity index (χ1) is 11.0. The zero-order valence-corrected chi connectivity index (χ0v) is 12.8. The Bertz CT molecular complexity index is 815. The van der Waals surface area contributed by atoms with Crippen molar-refractivity contribution in [1.29, 1.82) is 0 Å². The lowest BCUT2D eigenvalue weighted by molar-refractivity contribution is -0.141. The molecular weight excluding hydrogens is 300 g/mol. The number of esters is 2. The highest BCUT2D eigenvalue weighted by Crippen LogP contribution is 2.19. The van der Waals surface area contributed by atoms with E-state index in [9.17, 15) is 14.4 Å². The fourth-order valence-corrected chi connectivity index (χ4v) is 1.98. The number of fused-ring (bicyclic) bond motifs is 1. The van der Waals surface area contributed by atoms with Crippen LogP contribution in [0.25, 0.3) is 11.0 Å². The highest BCUT2D eigenvalue weighted by atomic mass is 16.5. The van der Waals surface area contributed by atoms with Crippen molar-refractivity contribution in [3.8, 4) is 0 Å². The summed E-state index contributed by atoms with van der Waals surface area (Å²) in [6, 6.07) is 6.68. The molecule has 1 aromatic carbocycles. The van der Waals surface area contributed by atoms with E-state index in [0.717, 1.165) is 17.7 Å². The Labute approximate surface area is 132 Å². The van der Waals surface area contributed by atoms with Crippen molar-refractivity contribution in [1.82, 2.24) is 0 Å². The van der Waals surface area contributed by atoms with Crippen molar-refractivity contribution in [2.45, 2.75) is 20.5 Å². The van der Waals surface area contributed by atoms with Crippen LogP contribution in [0.5, 0.6) is 0 Å². The number of benzene rings is 1. The molecule has 0 aliphatic heterocycles. The van der Waals surface area contributed by atoms with E-state index in [0.29, 0.717) is 16.5 Å². The molecule has 0 fully saturated rings. The van der Waals surface area contributed by atoms with Crippen LogP contribution in [-0.2, 0) is 25.7 Å². The summed E-state index contributed by atoms with van der Waals surface area (Å²) in [5.41, 5.74) is 1.41. The number of hydrogen-bond acceptors (Lipinski definition) is 6. The molecule has 0 unspecified atom stereocenters. The Morgan fingerprint density at radius 1 is 1.13 bits per heavy atom. The molecule has 0 saturated heterocycles. The van der Waals surface area contributed by atoms with Crippen molar-refractivity contribution in [2.24, 2.45) is 0 Å². The SMILES string of the molecule is CCOC(=O)C=CC(=O)OCc1cc(=O)oc2cc(C)ccc12. The maximum absolute atomic E-state index is 11.6. The van der Waals surface area contributed by atoms with Crippen LogP contribution in [-0.4, -0.2) is 18.5 Å². The Hall–Kier alpha value is -2.89. The van der Waals surface area contributed by atoms with Crippen molar-refractivity contribution < 1.29 is 23.5 Å². The van der Waals surface area contributed by atoms with Crippen molar-refractivity contribution in [2.75, 3.05) is 6.61 Å². The highest BCUT2D eigenvalue weighted by Gasteiger charge is 2.08. The van der Waals surface area contributed by atoms with Crippen LogP contribution in [0.4, 0.5) is 0 Å². The molecule has 1 heterocycles. The van der Waals surface area contributed by atoms with E-state index in [4.69, 9.17) is 9.15 Å². The van der Waals surface area contributed by atoms with Gasteiger partial charge in [-0.05, 0) is 25.5 Å². The standard InChI is InChI=1S/C17H16O6/c1-3-21-15(18)6-7-16(19)22-10-12-9-17(20)23-14-8-11(2)4-5-13(12)14/h4-9H,3,10H2,1-2H3. The van der Waals surface area contributed by atoms with E-state index < -0.39 is 17.6 Å². The van der Waals surface area contributed by atoms with E-state index >= 15 is 0 Å². The summed E-state index contributed by atoms with van der Waals surface area (Å²) >= 11 is 0. The molecule has 0 saturated carbocycles. The molecule has 0 bridgehead atoms. The monoisotopic (exact) mass is 316 g/mol. The van der Waals surface area contributed by atoms with Gasteiger partial charge in [-0.1, -0.05) is 12.1 Å². The maximum Gasteiger partial charge on any atom is 0.336 e. The van der Waals surface area contributed by atoms with Crippen LogP contribution in [0.15, 0.2) is 45.6 Å². The van der Waals surface area contributed by atoms with Crippen LogP contribution in [0.2, 0.25) is 0 Å². The third-order valence-corrected chi connectivity index (χ3v) is 3.00. The van der Waals surface area contributed by atoms with Gasteiger partial charge in [0.1, 0.15) is 12.2 Å². The average molecular weight is 316 g/mol. The normalized spacial score (nSPS) is 10.9. The zero-order valence-electron chi connectivity index (χ0n) is 12.8. The average Bonchev–Trinajstić information content (AvgIpc) is 2.50. The molecule has 23 heavy (non-hydrogen) atoms. The van der Waals surface area contributed by atoms with Gasteiger partial charge in [-0.25, -0.2) is 14.4 Å². The largest absolute Gasteiger partial charge is 0.463 e. The van der Waals surface area contributed by atoms with E-state index in [1.807, 2.05) is 13.0 Å². The molecule has 0 radical (unpaired) electrons. The van der Waals surface area contributed by atoms with Gasteiger partial charge in [-0.3, -0.25) is 0 Å². The molecule has 1 aromatic heterocycles. The number of hydrogen-bond donors (Lipinski definition) is 0. The van der Waals surface area contributed by atoms with Gasteiger partial charge in [0, 0.05) is 29.2 Å². The lowest BCUT2D eigenvalue weighted by Gasteiger charge is -2.06. The number of ether oxygens (including phenoxy) is 2. The molecule has 6 heteroatoms. The molecule has 0 aliphatic carbocycles. The van der Waals surface area contributed by atoms with Crippen LogP contribution < -0.4 is 5.63 Å². The molecule has 0 atom stereocenters. The van der Waals surface area contributed by atoms with Crippen LogP contribution >= 0.6 is 0 Å². The first-order valence-corrected chi connectivity index (χ1v) is 7.04. The van der Waals surface area contributed by atoms with Gasteiger partial charge >= 0.3 is 17.6 Å². The lowest BCUT2D eigenvalue weighted by Crippen LogP contribution is -2.07. The molecular formula is C17H16O6. The highest BCUT2D eigenvalue weighted by molar-refractivity contribution is 5.91. The van der Waals surface area contributed by atoms with Crippen LogP contribution in [0.1, 0.15) is 18.1 Å². The van der Waals surface area contributed by atoms with E-state index in [2.05, 4.69) is 4.74 Å². The van der Waals surface area contributed by atoms with Gasteiger partial charge in [0.25, 0.3) is 0 Å². The summed E-state index contributed by atoms with van der Waals surface area (Å²) < 4.78 is 14.8. The fraction of sp³-hybridized carbons (Fsp3) is 0.235. The predicted molar refractivity (Wildman–Crippen MR) is 82.8 cm³/mol. The maximum atomic E-state index is 11.6. The smallest absolute Gasteiger partial charge is 0.336 e. The minimum Gasteiger partial charge on any atom is -0.463 e. The summed E-state index contributed by atoms with van der Waals surface area (Å²) in [6.07, 6.45) is 1.97. The topological polar surface area (TPSA) is 82.8 Å². The van der Waals surface area contributed by atoms with Crippen LogP contribution in [0, 0.1) is 6.92 Å². The number of rotatable bonds is 5. The van der Waals surface area contributed by atoms with Gasteiger partial charge in [0.2, 0.25) is 0 Å². The predicted octanol–water partition coefficient (Wildman–Crippen LogP) is 2.26. The minimum absolute atomic E-state index is 0.100. The lowest BCUT2D eigenvalue weighted by atomic mass is 10.1. The van der Waals surface area contributed by atoms with Gasteiger partial charge < -0.3 is 13.9 Å². The Kier molecular flexibility index (Phi) is 5.30. The summed E-state index contributed by atoms with van der Waals surface area (Å²) in [6.45, 7) is 3.67. The third-order valence-electron chi connectivity index (χ3n) is 3.00. The molecule has 2 aromatic rings. The molecule has 6 nitrogen and oxygen atoms in total. The molecule has 0 aliphatic rings. The summed E-state index contributed by atoms with van der Waals surface area (Å²) in [4.78, 5) is 34.2. The molecule has 120 valence electrons. The molecule has 0 spiro atoms. The Balaban J connectivity index is 2.12. The van der Waals surface area contributed by atoms with E-state index in [-0.39, 0.29) is 13.2 Å². The first kappa shape index (κ1) is 16.5. The molecule has 0 N–H and O–H groups in total. The van der Waals surface area contributed by atoms with E-state index in [1.54, 1.807) is 19.1 Å². The summed E-state index contributed by atoms with van der Waals surface area (Å²) in [5.74, 6) is -1.32. The number of carbonyl (C=O) groups is 2. The fourth-order valence-electron chi connectivity index (χ4n) is 1.98. The van der Waals surface area contributed by atoms with Gasteiger partial charge in [-0.2, -0.15) is 0 Å². The van der Waals surface area contributed by atoms with Crippen molar-refractivity contribution in [3.05, 3.63) is 58.0 Å². The second-order valence-corrected chi connectivity index (χ2v) is 4.78. The summed E-state index contributed by atoms with van der Waals surface area (Å²) in [7, 11) is 0. The second-order valence-electron chi connectivity index (χ2n) is 4.78. The summed E-state index contributed by atoms with van der Waals surface area (Å²) in [5, 5.41) is 0.692. The van der Waals surface area contributed by atoms with Crippen LogP contribution in [0.3, 0.4) is 0 Å². The number of carbonyl (C=O) groups excluding carboxylic acids is 2. The third kappa shape index (κ3) is 4.54. The molecule has 2 rings (SSSR count). The second kappa shape index (κ2) is 7.40. The Morgan fingerprint density at radius 3 is 2.52 bits per heavy atom.